The Labute approximate surface area is 113 Å². The molecule has 0 aliphatic heterocycles. The summed E-state index contributed by atoms with van der Waals surface area (Å²) in [6.45, 7) is 0. The van der Waals surface area contributed by atoms with Crippen LogP contribution in [-0.4, -0.2) is 30.0 Å². The van der Waals surface area contributed by atoms with Crippen molar-refractivity contribution in [3.63, 3.8) is 0 Å². The number of nitrogens with one attached hydrogen (secondary N) is 1. The molecule has 0 bridgehead atoms. The first-order valence-corrected chi connectivity index (χ1v) is 7.86. The van der Waals surface area contributed by atoms with E-state index in [0.717, 1.165) is 26.2 Å². The average molecular weight is 281 g/mol. The fourth-order valence-corrected chi connectivity index (χ4v) is 2.51. The van der Waals surface area contributed by atoms with Crippen molar-refractivity contribution < 1.29 is 9.59 Å². The van der Waals surface area contributed by atoms with Gasteiger partial charge in [0, 0.05) is 5.75 Å². The van der Waals surface area contributed by atoms with Crippen molar-refractivity contribution in [2.24, 2.45) is 0 Å². The van der Waals surface area contributed by atoms with E-state index in [-0.39, 0.29) is 5.24 Å². The zero-order chi connectivity index (χ0) is 13.2. The maximum atomic E-state index is 11.6. The quantitative estimate of drug-likeness (QED) is 0.617. The molecule has 96 valence electrons. The minimum atomic E-state index is -0.393. The average Bonchev–Trinajstić information content (AvgIpc) is 2.42. The molecule has 0 spiro atoms. The number of amides is 1. The SMILES string of the molecule is C=PCCC(C=O)NC(=O)SCc1ccccc1. The molecule has 1 aromatic rings. The van der Waals surface area contributed by atoms with Crippen LogP contribution in [0.3, 0.4) is 0 Å². The number of benzene rings is 1. The van der Waals surface area contributed by atoms with Crippen LogP contribution >= 0.6 is 20.0 Å². The zero-order valence-corrected chi connectivity index (χ0v) is 11.8. The van der Waals surface area contributed by atoms with Gasteiger partial charge in [0.05, 0.1) is 6.04 Å². The van der Waals surface area contributed by atoms with E-state index in [2.05, 4.69) is 11.6 Å². The largest absolute Gasteiger partial charge is 0.337 e. The fraction of sp³-hybridized carbons (Fsp3) is 0.308. The highest BCUT2D eigenvalue weighted by Crippen LogP contribution is 2.12. The van der Waals surface area contributed by atoms with Crippen LogP contribution in [0.1, 0.15) is 12.0 Å². The van der Waals surface area contributed by atoms with Crippen LogP contribution in [0.25, 0.3) is 0 Å². The van der Waals surface area contributed by atoms with Crippen molar-refractivity contribution in [2.45, 2.75) is 18.2 Å². The number of thioether (sulfide) groups is 1. The molecule has 1 rings (SSSR count). The summed E-state index contributed by atoms with van der Waals surface area (Å²) in [5.41, 5.74) is 1.09. The van der Waals surface area contributed by atoms with Gasteiger partial charge in [0.2, 0.25) is 0 Å². The van der Waals surface area contributed by atoms with Gasteiger partial charge >= 0.3 is 0 Å². The number of carbonyl (C=O) groups excluding carboxylic acids is 2. The van der Waals surface area contributed by atoms with Gasteiger partial charge in [-0.05, 0) is 18.1 Å². The fourth-order valence-electron chi connectivity index (χ4n) is 1.32. The van der Waals surface area contributed by atoms with E-state index >= 15 is 0 Å². The van der Waals surface area contributed by atoms with Gasteiger partial charge in [0.15, 0.2) is 0 Å². The van der Waals surface area contributed by atoms with Crippen molar-refractivity contribution in [1.29, 1.82) is 0 Å². The maximum absolute atomic E-state index is 11.6. The molecule has 3 nitrogen and oxygen atoms in total. The summed E-state index contributed by atoms with van der Waals surface area (Å²) in [4.78, 5) is 22.4. The summed E-state index contributed by atoms with van der Waals surface area (Å²) in [6.07, 6.45) is 5.93. The van der Waals surface area contributed by atoms with E-state index in [1.807, 2.05) is 30.3 Å². The third kappa shape index (κ3) is 5.99. The monoisotopic (exact) mass is 281 g/mol. The smallest absolute Gasteiger partial charge is 0.279 e. The Kier molecular flexibility index (Phi) is 7.38. The minimum Gasteiger partial charge on any atom is -0.337 e. The highest BCUT2D eigenvalue weighted by Gasteiger charge is 2.10. The summed E-state index contributed by atoms with van der Waals surface area (Å²) < 4.78 is 0. The molecular weight excluding hydrogens is 265 g/mol. The van der Waals surface area contributed by atoms with Crippen LogP contribution in [0.5, 0.6) is 0 Å². The Hall–Kier alpha value is -1.12. The molecule has 1 atom stereocenters. The van der Waals surface area contributed by atoms with Crippen LogP contribution in [-0.2, 0) is 10.5 Å². The lowest BCUT2D eigenvalue weighted by Gasteiger charge is -2.10. The van der Waals surface area contributed by atoms with Crippen LogP contribution < -0.4 is 5.32 Å². The second-order valence-electron chi connectivity index (χ2n) is 3.68. The molecule has 0 saturated heterocycles. The van der Waals surface area contributed by atoms with E-state index in [0.29, 0.717) is 12.2 Å². The van der Waals surface area contributed by atoms with Gasteiger partial charge in [-0.15, -0.1) is 8.20 Å². The number of aldehydes is 1. The van der Waals surface area contributed by atoms with Crippen LogP contribution in [0.2, 0.25) is 0 Å². The van der Waals surface area contributed by atoms with Gasteiger partial charge in [0.1, 0.15) is 6.29 Å². The Balaban J connectivity index is 2.32. The predicted octanol–water partition coefficient (Wildman–Crippen LogP) is 2.97. The van der Waals surface area contributed by atoms with Crippen LogP contribution in [0.4, 0.5) is 4.79 Å². The van der Waals surface area contributed by atoms with Gasteiger partial charge in [-0.3, -0.25) is 4.79 Å². The van der Waals surface area contributed by atoms with Crippen LogP contribution in [0, 0.1) is 0 Å². The lowest BCUT2D eigenvalue weighted by Crippen LogP contribution is -2.33. The first kappa shape index (κ1) is 14.9. The lowest BCUT2D eigenvalue weighted by molar-refractivity contribution is -0.109. The van der Waals surface area contributed by atoms with E-state index in [9.17, 15) is 9.59 Å². The Morgan fingerprint density at radius 2 is 2.17 bits per heavy atom. The summed E-state index contributed by atoms with van der Waals surface area (Å²) in [7, 11) is 0.989. The summed E-state index contributed by atoms with van der Waals surface area (Å²) in [5.74, 6) is 0.617. The van der Waals surface area contributed by atoms with Crippen molar-refractivity contribution >= 4 is 37.8 Å². The first-order valence-electron chi connectivity index (χ1n) is 5.61. The van der Waals surface area contributed by atoms with Gasteiger partial charge in [0.25, 0.3) is 5.24 Å². The van der Waals surface area contributed by atoms with Crippen molar-refractivity contribution in [3.05, 3.63) is 35.9 Å². The molecule has 18 heavy (non-hydrogen) atoms. The standard InChI is InChI=1S/C13H16NO2PS/c1-17-8-7-12(9-15)14-13(16)18-10-11-5-3-2-4-6-11/h2-6,9,12H,1,7-8,10H2,(H,14,16). The van der Waals surface area contributed by atoms with E-state index in [1.165, 1.54) is 11.8 Å². The molecule has 1 N–H and O–H groups in total. The highest BCUT2D eigenvalue weighted by molar-refractivity contribution is 8.12. The molecule has 1 amide bonds. The topological polar surface area (TPSA) is 46.2 Å². The van der Waals surface area contributed by atoms with Crippen LogP contribution in [0.15, 0.2) is 30.3 Å². The Bertz CT molecular complexity index is 397. The van der Waals surface area contributed by atoms with Crippen molar-refractivity contribution in [2.75, 3.05) is 6.16 Å². The van der Waals surface area contributed by atoms with Crippen molar-refractivity contribution in [3.8, 4) is 0 Å². The van der Waals surface area contributed by atoms with Gasteiger partial charge < -0.3 is 10.1 Å². The van der Waals surface area contributed by atoms with E-state index < -0.39 is 6.04 Å². The summed E-state index contributed by atoms with van der Waals surface area (Å²) in [5, 5.41) is 2.54. The number of hydrogen-bond donors (Lipinski definition) is 1. The first-order chi connectivity index (χ1) is 8.76. The van der Waals surface area contributed by atoms with Gasteiger partial charge in [-0.2, -0.15) is 0 Å². The molecule has 1 unspecified atom stereocenters. The second-order valence-corrected chi connectivity index (χ2v) is 5.53. The Morgan fingerprint density at radius 1 is 1.44 bits per heavy atom. The molecule has 0 aliphatic carbocycles. The Morgan fingerprint density at radius 3 is 2.78 bits per heavy atom. The van der Waals surface area contributed by atoms with Gasteiger partial charge in [-0.1, -0.05) is 48.4 Å². The molecule has 0 radical (unpaired) electrons. The molecular formula is C13H16NO2PS. The van der Waals surface area contributed by atoms with Gasteiger partial charge in [-0.25, -0.2) is 0 Å². The normalized spacial score (nSPS) is 12.0. The molecule has 0 aliphatic rings. The molecule has 0 saturated carbocycles. The molecule has 1 aromatic carbocycles. The van der Waals surface area contributed by atoms with E-state index in [1.54, 1.807) is 0 Å². The third-order valence-corrected chi connectivity index (χ3v) is 3.71. The third-order valence-electron chi connectivity index (χ3n) is 2.28. The molecule has 0 heterocycles. The molecule has 0 aromatic heterocycles. The lowest BCUT2D eigenvalue weighted by atomic mass is 10.2. The minimum absolute atomic E-state index is 0.156. The predicted molar refractivity (Wildman–Crippen MR) is 79.6 cm³/mol. The van der Waals surface area contributed by atoms with E-state index in [4.69, 9.17) is 0 Å². The molecule has 0 fully saturated rings. The number of carbonyl (C=O) groups is 2. The number of rotatable bonds is 7. The zero-order valence-electron chi connectivity index (χ0n) is 10.0. The number of hydrogen-bond acceptors (Lipinski definition) is 3. The summed E-state index contributed by atoms with van der Waals surface area (Å²) >= 11 is 1.18. The highest BCUT2D eigenvalue weighted by atomic mass is 32.2. The van der Waals surface area contributed by atoms with Crippen molar-refractivity contribution in [1.82, 2.24) is 5.32 Å². The second kappa shape index (κ2) is 8.90. The molecule has 5 heteroatoms. The maximum Gasteiger partial charge on any atom is 0.279 e. The summed E-state index contributed by atoms with van der Waals surface area (Å²) in [6, 6.07) is 9.37.